The van der Waals surface area contributed by atoms with E-state index in [2.05, 4.69) is 14.8 Å². The number of hydrogen-bond donors (Lipinski definition) is 1. The highest BCUT2D eigenvalue weighted by molar-refractivity contribution is 5.94. The van der Waals surface area contributed by atoms with Crippen LogP contribution in [0.15, 0.2) is 24.3 Å². The van der Waals surface area contributed by atoms with Crippen LogP contribution in [0.5, 0.6) is 5.75 Å². The van der Waals surface area contributed by atoms with Crippen molar-refractivity contribution in [3.63, 3.8) is 0 Å². The van der Waals surface area contributed by atoms with E-state index in [9.17, 15) is 9.59 Å². The van der Waals surface area contributed by atoms with Crippen LogP contribution in [-0.4, -0.2) is 50.3 Å². The zero-order valence-corrected chi connectivity index (χ0v) is 13.3. The summed E-state index contributed by atoms with van der Waals surface area (Å²) in [7, 11) is 1.72. The van der Waals surface area contributed by atoms with E-state index in [1.807, 2.05) is 0 Å². The zero-order chi connectivity index (χ0) is 17.1. The first-order chi connectivity index (χ1) is 11.5. The number of amides is 1. The van der Waals surface area contributed by atoms with E-state index in [1.54, 1.807) is 36.2 Å². The van der Waals surface area contributed by atoms with Crippen molar-refractivity contribution in [3.8, 4) is 5.75 Å². The molecule has 1 aromatic carbocycles. The average molecular weight is 330 g/mol. The van der Waals surface area contributed by atoms with Gasteiger partial charge in [-0.25, -0.2) is 4.79 Å². The van der Waals surface area contributed by atoms with Crippen LogP contribution in [0.4, 0.5) is 0 Å². The minimum Gasteiger partial charge on any atom is -0.482 e. The third-order valence-electron chi connectivity index (χ3n) is 3.87. The van der Waals surface area contributed by atoms with E-state index in [4.69, 9.17) is 9.84 Å². The van der Waals surface area contributed by atoms with Crippen molar-refractivity contribution >= 4 is 11.9 Å². The van der Waals surface area contributed by atoms with Gasteiger partial charge in [-0.05, 0) is 30.7 Å². The van der Waals surface area contributed by atoms with E-state index in [0.717, 1.165) is 31.0 Å². The largest absolute Gasteiger partial charge is 0.482 e. The van der Waals surface area contributed by atoms with E-state index < -0.39 is 12.6 Å². The predicted octanol–water partition coefficient (Wildman–Crippen LogP) is 0.960. The van der Waals surface area contributed by atoms with Crippen LogP contribution in [0.1, 0.15) is 28.4 Å². The molecule has 8 nitrogen and oxygen atoms in total. The lowest BCUT2D eigenvalue weighted by Gasteiger charge is -2.17. The van der Waals surface area contributed by atoms with Gasteiger partial charge < -0.3 is 19.3 Å². The van der Waals surface area contributed by atoms with E-state index >= 15 is 0 Å². The Morgan fingerprint density at radius 2 is 2.04 bits per heavy atom. The first-order valence-electron chi connectivity index (χ1n) is 7.65. The molecule has 8 heteroatoms. The fraction of sp³-hybridized carbons (Fsp3) is 0.375. The summed E-state index contributed by atoms with van der Waals surface area (Å²) in [5, 5.41) is 16.9. The summed E-state index contributed by atoms with van der Waals surface area (Å²) in [6.07, 6.45) is 2.00. The molecule has 0 spiro atoms. The molecular formula is C16H18N4O4. The number of ether oxygens (including phenoxy) is 1. The number of carboxylic acid groups (broad SMARTS) is 1. The Labute approximate surface area is 138 Å². The number of rotatable bonds is 6. The molecule has 1 amide bonds. The fourth-order valence-corrected chi connectivity index (χ4v) is 2.67. The van der Waals surface area contributed by atoms with Gasteiger partial charge in [0.05, 0.1) is 6.54 Å². The van der Waals surface area contributed by atoms with Crippen molar-refractivity contribution in [2.45, 2.75) is 25.9 Å². The van der Waals surface area contributed by atoms with Gasteiger partial charge in [0.15, 0.2) is 12.4 Å². The summed E-state index contributed by atoms with van der Waals surface area (Å²) in [5.41, 5.74) is 0.501. The molecule has 1 aliphatic heterocycles. The van der Waals surface area contributed by atoms with Crippen LogP contribution < -0.4 is 4.74 Å². The standard InChI is InChI=1S/C16H18N4O4/c1-19(9-14-18-17-13-3-2-8-20(13)14)16(23)11-4-6-12(7-5-11)24-10-15(21)22/h4-7H,2-3,8-10H2,1H3,(H,21,22). The maximum atomic E-state index is 12.5. The van der Waals surface area contributed by atoms with Crippen LogP contribution in [-0.2, 0) is 24.3 Å². The molecule has 2 aromatic rings. The van der Waals surface area contributed by atoms with Crippen LogP contribution in [0, 0.1) is 0 Å². The molecule has 126 valence electrons. The summed E-state index contributed by atoms with van der Waals surface area (Å²) in [6.45, 7) is 0.879. The molecule has 2 heterocycles. The predicted molar refractivity (Wildman–Crippen MR) is 83.7 cm³/mol. The van der Waals surface area contributed by atoms with Gasteiger partial charge in [0.1, 0.15) is 11.6 Å². The van der Waals surface area contributed by atoms with Gasteiger partial charge in [-0.3, -0.25) is 4.79 Å². The number of hydrogen-bond acceptors (Lipinski definition) is 5. The van der Waals surface area contributed by atoms with Crippen molar-refractivity contribution in [2.75, 3.05) is 13.7 Å². The number of carboxylic acids is 1. The summed E-state index contributed by atoms with van der Waals surface area (Å²) in [6, 6.07) is 6.39. The molecule has 24 heavy (non-hydrogen) atoms. The van der Waals surface area contributed by atoms with Crippen molar-refractivity contribution in [1.82, 2.24) is 19.7 Å². The Morgan fingerprint density at radius 3 is 2.75 bits per heavy atom. The van der Waals surface area contributed by atoms with Crippen LogP contribution in [0.25, 0.3) is 0 Å². The second-order valence-corrected chi connectivity index (χ2v) is 5.66. The third-order valence-corrected chi connectivity index (χ3v) is 3.87. The number of benzene rings is 1. The van der Waals surface area contributed by atoms with Gasteiger partial charge in [-0.2, -0.15) is 0 Å². The molecule has 1 aliphatic rings. The van der Waals surface area contributed by atoms with Crippen LogP contribution in [0.3, 0.4) is 0 Å². The van der Waals surface area contributed by atoms with Crippen molar-refractivity contribution in [3.05, 3.63) is 41.5 Å². The highest BCUT2D eigenvalue weighted by atomic mass is 16.5. The second-order valence-electron chi connectivity index (χ2n) is 5.66. The minimum absolute atomic E-state index is 0.143. The number of carbonyl (C=O) groups excluding carboxylic acids is 1. The fourth-order valence-electron chi connectivity index (χ4n) is 2.67. The molecule has 0 saturated heterocycles. The molecule has 1 N–H and O–H groups in total. The summed E-state index contributed by atoms with van der Waals surface area (Å²) < 4.78 is 7.11. The van der Waals surface area contributed by atoms with E-state index in [0.29, 0.717) is 17.9 Å². The third kappa shape index (κ3) is 3.37. The number of aryl methyl sites for hydroxylation is 1. The SMILES string of the molecule is CN(Cc1nnc2n1CCC2)C(=O)c1ccc(OCC(=O)O)cc1. The Hall–Kier alpha value is -2.90. The quantitative estimate of drug-likeness (QED) is 0.847. The highest BCUT2D eigenvalue weighted by Crippen LogP contribution is 2.17. The van der Waals surface area contributed by atoms with Gasteiger partial charge in [0, 0.05) is 25.6 Å². The molecule has 0 atom stereocenters. The van der Waals surface area contributed by atoms with Gasteiger partial charge in [0.2, 0.25) is 0 Å². The maximum Gasteiger partial charge on any atom is 0.341 e. The van der Waals surface area contributed by atoms with Gasteiger partial charge in [-0.1, -0.05) is 0 Å². The first kappa shape index (κ1) is 16.0. The van der Waals surface area contributed by atoms with Gasteiger partial charge >= 0.3 is 5.97 Å². The Balaban J connectivity index is 1.63. The molecule has 0 fully saturated rings. The van der Waals surface area contributed by atoms with Crippen molar-refractivity contribution < 1.29 is 19.4 Å². The lowest BCUT2D eigenvalue weighted by Crippen LogP contribution is -2.27. The number of fused-ring (bicyclic) bond motifs is 1. The molecule has 3 rings (SSSR count). The number of carbonyl (C=O) groups is 2. The molecule has 0 bridgehead atoms. The first-order valence-corrected chi connectivity index (χ1v) is 7.65. The van der Waals surface area contributed by atoms with E-state index in [-0.39, 0.29) is 5.91 Å². The lowest BCUT2D eigenvalue weighted by molar-refractivity contribution is -0.139. The lowest BCUT2D eigenvalue weighted by atomic mass is 10.2. The van der Waals surface area contributed by atoms with E-state index in [1.165, 1.54) is 0 Å². The topological polar surface area (TPSA) is 97.5 Å². The second kappa shape index (κ2) is 6.69. The molecular weight excluding hydrogens is 312 g/mol. The Bertz CT molecular complexity index is 754. The van der Waals surface area contributed by atoms with Crippen molar-refractivity contribution in [1.29, 1.82) is 0 Å². The highest BCUT2D eigenvalue weighted by Gasteiger charge is 2.20. The molecule has 0 aliphatic carbocycles. The molecule has 0 unspecified atom stereocenters. The Kier molecular flexibility index (Phi) is 4.45. The number of aliphatic carboxylic acids is 1. The van der Waals surface area contributed by atoms with Crippen LogP contribution in [0.2, 0.25) is 0 Å². The average Bonchev–Trinajstić information content (AvgIpc) is 3.17. The summed E-state index contributed by atoms with van der Waals surface area (Å²) in [4.78, 5) is 24.5. The van der Waals surface area contributed by atoms with Crippen molar-refractivity contribution in [2.24, 2.45) is 0 Å². The smallest absolute Gasteiger partial charge is 0.341 e. The minimum atomic E-state index is -1.05. The summed E-state index contributed by atoms with van der Waals surface area (Å²) in [5.74, 6) is 0.989. The maximum absolute atomic E-state index is 12.5. The van der Waals surface area contributed by atoms with Crippen LogP contribution >= 0.6 is 0 Å². The van der Waals surface area contributed by atoms with Gasteiger partial charge in [-0.15, -0.1) is 10.2 Å². The number of nitrogens with zero attached hydrogens (tertiary/aromatic N) is 4. The molecule has 1 aromatic heterocycles. The molecule has 0 radical (unpaired) electrons. The zero-order valence-electron chi connectivity index (χ0n) is 13.3. The number of aromatic nitrogens is 3. The van der Waals surface area contributed by atoms with Gasteiger partial charge in [0.25, 0.3) is 5.91 Å². The Morgan fingerprint density at radius 1 is 1.29 bits per heavy atom. The monoisotopic (exact) mass is 330 g/mol. The summed E-state index contributed by atoms with van der Waals surface area (Å²) >= 11 is 0. The normalized spacial score (nSPS) is 12.7. The molecule has 0 saturated carbocycles.